The molecule has 1 saturated heterocycles. The normalized spacial score (nSPS) is 21.6. The van der Waals surface area contributed by atoms with Crippen molar-refractivity contribution in [2.24, 2.45) is 0 Å². The van der Waals surface area contributed by atoms with Crippen LogP contribution in [-0.4, -0.2) is 38.7 Å². The molecule has 1 aromatic heterocycles. The lowest BCUT2D eigenvalue weighted by atomic mass is 10.2. The van der Waals surface area contributed by atoms with Gasteiger partial charge < -0.3 is 9.15 Å². The molecule has 1 fully saturated rings. The summed E-state index contributed by atoms with van der Waals surface area (Å²) in [5, 5.41) is 0. The number of nitrogens with zero attached hydrogens (tertiary/aromatic N) is 1. The highest BCUT2D eigenvalue weighted by Crippen LogP contribution is 2.35. The van der Waals surface area contributed by atoms with Crippen LogP contribution in [0.15, 0.2) is 16.5 Å². The number of sulfonamides is 1. The fraction of sp³-hybridized carbons (Fsp3) is 0.667. The number of methoxy groups -OCH3 is 1. The number of furan rings is 1. The Morgan fingerprint density at radius 3 is 2.89 bits per heavy atom. The van der Waals surface area contributed by atoms with Crippen molar-refractivity contribution < 1.29 is 17.6 Å². The van der Waals surface area contributed by atoms with Gasteiger partial charge in [-0.3, -0.25) is 0 Å². The second-order valence-electron chi connectivity index (χ2n) is 4.53. The van der Waals surface area contributed by atoms with Gasteiger partial charge in [-0.15, -0.1) is 0 Å². The van der Waals surface area contributed by atoms with E-state index >= 15 is 0 Å². The van der Waals surface area contributed by atoms with E-state index in [1.165, 1.54) is 7.11 Å². The molecule has 1 unspecified atom stereocenters. The minimum absolute atomic E-state index is 0.0275. The molecule has 2 rings (SSSR count). The maximum atomic E-state index is 12.2. The first kappa shape index (κ1) is 13.6. The number of aryl methyl sites for hydroxylation is 1. The van der Waals surface area contributed by atoms with Crippen LogP contribution in [0.25, 0.3) is 0 Å². The average molecular weight is 273 g/mol. The molecule has 1 aromatic rings. The lowest BCUT2D eigenvalue weighted by molar-refractivity contribution is 0.214. The Morgan fingerprint density at radius 2 is 2.28 bits per heavy atom. The molecule has 0 bridgehead atoms. The molecule has 0 aromatic carbocycles. The molecule has 6 heteroatoms. The Bertz CT molecular complexity index is 494. The van der Waals surface area contributed by atoms with E-state index in [1.807, 2.05) is 19.1 Å². The third-order valence-electron chi connectivity index (χ3n) is 3.20. The van der Waals surface area contributed by atoms with E-state index in [2.05, 4.69) is 0 Å². The predicted molar refractivity (Wildman–Crippen MR) is 67.8 cm³/mol. The summed E-state index contributed by atoms with van der Waals surface area (Å²) in [5.41, 5.74) is 0. The van der Waals surface area contributed by atoms with E-state index in [0.717, 1.165) is 24.4 Å². The first-order valence-corrected chi connectivity index (χ1v) is 7.70. The van der Waals surface area contributed by atoms with Gasteiger partial charge in [-0.05, 0) is 31.9 Å². The van der Waals surface area contributed by atoms with Gasteiger partial charge in [0, 0.05) is 13.7 Å². The molecular formula is C12H19NO4S. The summed E-state index contributed by atoms with van der Waals surface area (Å²) in [6.45, 7) is 2.65. The molecule has 0 spiro atoms. The zero-order valence-corrected chi connectivity index (χ0v) is 11.6. The smallest absolute Gasteiger partial charge is 0.217 e. The Hall–Kier alpha value is -0.850. The van der Waals surface area contributed by atoms with Gasteiger partial charge in [-0.25, -0.2) is 8.42 Å². The van der Waals surface area contributed by atoms with Crippen LogP contribution in [0, 0.1) is 6.92 Å². The zero-order valence-electron chi connectivity index (χ0n) is 10.8. The zero-order chi connectivity index (χ0) is 13.2. The molecule has 0 amide bonds. The van der Waals surface area contributed by atoms with E-state index in [0.29, 0.717) is 6.54 Å². The fourth-order valence-corrected chi connectivity index (χ4v) is 3.91. The van der Waals surface area contributed by atoms with Crippen molar-refractivity contribution in [3.05, 3.63) is 23.7 Å². The summed E-state index contributed by atoms with van der Waals surface area (Å²) in [5.74, 6) is 1.58. The highest BCUT2D eigenvalue weighted by molar-refractivity contribution is 7.89. The average Bonchev–Trinajstić information content (AvgIpc) is 2.94. The number of ether oxygens (including phenoxy) is 1. The molecule has 5 nitrogen and oxygen atoms in total. The third kappa shape index (κ3) is 2.76. The van der Waals surface area contributed by atoms with Crippen molar-refractivity contribution in [1.82, 2.24) is 4.31 Å². The van der Waals surface area contributed by atoms with Crippen molar-refractivity contribution >= 4 is 10.0 Å². The minimum atomic E-state index is -3.26. The molecule has 1 aliphatic rings. The van der Waals surface area contributed by atoms with E-state index in [-0.39, 0.29) is 18.4 Å². The highest BCUT2D eigenvalue weighted by atomic mass is 32.2. The van der Waals surface area contributed by atoms with Crippen LogP contribution < -0.4 is 0 Å². The summed E-state index contributed by atoms with van der Waals surface area (Å²) in [7, 11) is -1.76. The van der Waals surface area contributed by atoms with Crippen LogP contribution >= 0.6 is 0 Å². The predicted octanol–water partition coefficient (Wildman–Crippen LogP) is 1.70. The molecule has 1 atom stereocenters. The first-order chi connectivity index (χ1) is 8.54. The highest BCUT2D eigenvalue weighted by Gasteiger charge is 2.36. The number of rotatable bonds is 5. The topological polar surface area (TPSA) is 59.8 Å². The van der Waals surface area contributed by atoms with Crippen molar-refractivity contribution in [2.45, 2.75) is 25.8 Å². The van der Waals surface area contributed by atoms with Gasteiger partial charge in [0.25, 0.3) is 0 Å². The van der Waals surface area contributed by atoms with Crippen LogP contribution in [0.4, 0.5) is 0 Å². The molecule has 102 valence electrons. The summed E-state index contributed by atoms with van der Waals surface area (Å²) in [6.07, 6.45) is 1.69. The third-order valence-corrected chi connectivity index (χ3v) is 5.03. The largest absolute Gasteiger partial charge is 0.465 e. The molecular weight excluding hydrogens is 254 g/mol. The summed E-state index contributed by atoms with van der Waals surface area (Å²) >= 11 is 0. The lowest BCUT2D eigenvalue weighted by Gasteiger charge is -2.22. The monoisotopic (exact) mass is 273 g/mol. The second kappa shape index (κ2) is 5.42. The van der Waals surface area contributed by atoms with Gasteiger partial charge in [-0.2, -0.15) is 4.31 Å². The van der Waals surface area contributed by atoms with Gasteiger partial charge in [-0.1, -0.05) is 0 Å². The summed E-state index contributed by atoms with van der Waals surface area (Å²) in [4.78, 5) is 0. The van der Waals surface area contributed by atoms with Crippen molar-refractivity contribution in [2.75, 3.05) is 26.0 Å². The van der Waals surface area contributed by atoms with E-state index in [1.54, 1.807) is 4.31 Å². The van der Waals surface area contributed by atoms with Crippen molar-refractivity contribution in [3.8, 4) is 0 Å². The molecule has 0 aliphatic carbocycles. The Balaban J connectivity index is 2.17. The SMILES string of the molecule is COCCS(=O)(=O)N1CCCC1c1ccc(C)o1. The van der Waals surface area contributed by atoms with Crippen molar-refractivity contribution in [1.29, 1.82) is 0 Å². The van der Waals surface area contributed by atoms with Crippen LogP contribution in [0.1, 0.15) is 30.4 Å². The van der Waals surface area contributed by atoms with E-state index in [4.69, 9.17) is 9.15 Å². The molecule has 1 aliphatic heterocycles. The van der Waals surface area contributed by atoms with Gasteiger partial charge in [0.15, 0.2) is 0 Å². The standard InChI is InChI=1S/C12H19NO4S/c1-10-5-6-12(17-10)11-4-3-7-13(11)18(14,15)9-8-16-2/h5-6,11H,3-4,7-9H2,1-2H3. The van der Waals surface area contributed by atoms with Crippen LogP contribution in [0.5, 0.6) is 0 Å². The number of hydrogen-bond acceptors (Lipinski definition) is 4. The molecule has 2 heterocycles. The maximum Gasteiger partial charge on any atom is 0.217 e. The molecule has 18 heavy (non-hydrogen) atoms. The van der Waals surface area contributed by atoms with Gasteiger partial charge in [0.2, 0.25) is 10.0 Å². The second-order valence-corrected chi connectivity index (χ2v) is 6.57. The van der Waals surface area contributed by atoms with Gasteiger partial charge in [0.1, 0.15) is 11.5 Å². The molecule has 0 saturated carbocycles. The van der Waals surface area contributed by atoms with E-state index in [9.17, 15) is 8.42 Å². The van der Waals surface area contributed by atoms with Gasteiger partial charge >= 0.3 is 0 Å². The Morgan fingerprint density at radius 1 is 1.50 bits per heavy atom. The van der Waals surface area contributed by atoms with Crippen molar-refractivity contribution in [3.63, 3.8) is 0 Å². The summed E-state index contributed by atoms with van der Waals surface area (Å²) < 4.78 is 36.3. The maximum absolute atomic E-state index is 12.2. The minimum Gasteiger partial charge on any atom is -0.465 e. The molecule has 0 N–H and O–H groups in total. The Kier molecular flexibility index (Phi) is 4.09. The van der Waals surface area contributed by atoms with Crippen LogP contribution in [0.3, 0.4) is 0 Å². The van der Waals surface area contributed by atoms with Gasteiger partial charge in [0.05, 0.1) is 18.4 Å². The van der Waals surface area contributed by atoms with Crippen LogP contribution in [0.2, 0.25) is 0 Å². The summed E-state index contributed by atoms with van der Waals surface area (Å²) in [6, 6.07) is 3.58. The lowest BCUT2D eigenvalue weighted by Crippen LogP contribution is -2.33. The van der Waals surface area contributed by atoms with Crippen LogP contribution in [-0.2, 0) is 14.8 Å². The first-order valence-electron chi connectivity index (χ1n) is 6.09. The number of hydrogen-bond donors (Lipinski definition) is 0. The quantitative estimate of drug-likeness (QED) is 0.819. The molecule has 0 radical (unpaired) electrons. The van der Waals surface area contributed by atoms with E-state index < -0.39 is 10.0 Å². The Labute approximate surface area is 108 Å². The fourth-order valence-electron chi connectivity index (χ4n) is 2.30.